The second-order valence-electron chi connectivity index (χ2n) is 4.42. The van der Waals surface area contributed by atoms with E-state index in [1.807, 2.05) is 4.68 Å². The van der Waals surface area contributed by atoms with Gasteiger partial charge < -0.3 is 5.73 Å². The Hall–Kier alpha value is -0.510. The minimum Gasteiger partial charge on any atom is -0.383 e. The lowest BCUT2D eigenvalue weighted by Crippen LogP contribution is -2.21. The fourth-order valence-electron chi connectivity index (χ4n) is 2.50. The van der Waals surface area contributed by atoms with Gasteiger partial charge in [0.1, 0.15) is 5.82 Å². The quantitative estimate of drug-likeness (QED) is 0.897. The predicted octanol–water partition coefficient (Wildman–Crippen LogP) is 3.37. The number of nitrogens with zero attached hydrogens (tertiary/aromatic N) is 2. The van der Waals surface area contributed by atoms with Gasteiger partial charge in [0.15, 0.2) is 0 Å². The van der Waals surface area contributed by atoms with Crippen molar-refractivity contribution >= 4 is 21.7 Å². The SMILES string of the molecule is CCC1CCCC(n2ncc(Br)c2N)C1. The van der Waals surface area contributed by atoms with Crippen LogP contribution in [0, 0.1) is 5.92 Å². The van der Waals surface area contributed by atoms with Crippen molar-refractivity contribution in [1.29, 1.82) is 0 Å². The van der Waals surface area contributed by atoms with E-state index < -0.39 is 0 Å². The first-order valence-electron chi connectivity index (χ1n) is 5.70. The Morgan fingerprint density at radius 1 is 1.60 bits per heavy atom. The van der Waals surface area contributed by atoms with Gasteiger partial charge in [-0.25, -0.2) is 4.68 Å². The topological polar surface area (TPSA) is 43.8 Å². The zero-order valence-electron chi connectivity index (χ0n) is 9.12. The maximum Gasteiger partial charge on any atom is 0.136 e. The first-order chi connectivity index (χ1) is 7.22. The van der Waals surface area contributed by atoms with Gasteiger partial charge in [-0.1, -0.05) is 26.2 Å². The molecule has 0 bridgehead atoms. The summed E-state index contributed by atoms with van der Waals surface area (Å²) in [4.78, 5) is 0. The molecule has 1 fully saturated rings. The third kappa shape index (κ3) is 2.19. The molecule has 1 aromatic rings. The van der Waals surface area contributed by atoms with Gasteiger partial charge in [0, 0.05) is 0 Å². The second-order valence-corrected chi connectivity index (χ2v) is 5.27. The molecule has 0 aliphatic heterocycles. The standard InChI is InChI=1S/C11H18BrN3/c1-2-8-4-3-5-9(6-8)15-11(13)10(12)7-14-15/h7-9H,2-6,13H2,1H3. The Morgan fingerprint density at radius 3 is 3.00 bits per heavy atom. The lowest BCUT2D eigenvalue weighted by Gasteiger charge is -2.29. The van der Waals surface area contributed by atoms with Gasteiger partial charge >= 0.3 is 0 Å². The molecule has 2 rings (SSSR count). The van der Waals surface area contributed by atoms with Crippen LogP contribution in [0.2, 0.25) is 0 Å². The third-order valence-electron chi connectivity index (χ3n) is 3.47. The van der Waals surface area contributed by atoms with Gasteiger partial charge in [-0.15, -0.1) is 0 Å². The molecule has 84 valence electrons. The van der Waals surface area contributed by atoms with Crippen molar-refractivity contribution in [3.8, 4) is 0 Å². The molecule has 1 aromatic heterocycles. The molecule has 0 saturated heterocycles. The van der Waals surface area contributed by atoms with E-state index in [2.05, 4.69) is 28.0 Å². The minimum absolute atomic E-state index is 0.509. The average Bonchev–Trinajstić information content (AvgIpc) is 2.60. The van der Waals surface area contributed by atoms with Crippen molar-refractivity contribution in [2.45, 2.75) is 45.1 Å². The fourth-order valence-corrected chi connectivity index (χ4v) is 2.77. The number of hydrogen-bond donors (Lipinski definition) is 1. The van der Waals surface area contributed by atoms with Crippen molar-refractivity contribution in [1.82, 2.24) is 9.78 Å². The highest BCUT2D eigenvalue weighted by Gasteiger charge is 2.24. The van der Waals surface area contributed by atoms with Gasteiger partial charge in [0.2, 0.25) is 0 Å². The highest BCUT2D eigenvalue weighted by molar-refractivity contribution is 9.10. The van der Waals surface area contributed by atoms with Crippen molar-refractivity contribution in [2.24, 2.45) is 5.92 Å². The summed E-state index contributed by atoms with van der Waals surface area (Å²) in [6.07, 6.45) is 8.20. The van der Waals surface area contributed by atoms with Crippen molar-refractivity contribution in [2.75, 3.05) is 5.73 Å². The van der Waals surface area contributed by atoms with E-state index in [0.717, 1.165) is 16.2 Å². The average molecular weight is 272 g/mol. The first-order valence-corrected chi connectivity index (χ1v) is 6.50. The number of nitrogens with two attached hydrogens (primary N) is 1. The summed E-state index contributed by atoms with van der Waals surface area (Å²) in [6, 6.07) is 0.509. The molecular weight excluding hydrogens is 254 g/mol. The van der Waals surface area contributed by atoms with Crippen LogP contribution in [0.5, 0.6) is 0 Å². The Morgan fingerprint density at radius 2 is 2.40 bits per heavy atom. The van der Waals surface area contributed by atoms with Crippen molar-refractivity contribution in [3.63, 3.8) is 0 Å². The van der Waals surface area contributed by atoms with Crippen LogP contribution in [0.4, 0.5) is 5.82 Å². The van der Waals surface area contributed by atoms with Crippen LogP contribution in [0.25, 0.3) is 0 Å². The molecule has 1 saturated carbocycles. The monoisotopic (exact) mass is 271 g/mol. The number of halogens is 1. The van der Waals surface area contributed by atoms with E-state index in [4.69, 9.17) is 5.73 Å². The molecule has 0 spiro atoms. The molecule has 4 heteroatoms. The zero-order valence-corrected chi connectivity index (χ0v) is 10.7. The highest BCUT2D eigenvalue weighted by atomic mass is 79.9. The van der Waals surface area contributed by atoms with Crippen LogP contribution in [0.3, 0.4) is 0 Å². The molecule has 0 aromatic carbocycles. The van der Waals surface area contributed by atoms with Crippen LogP contribution >= 0.6 is 15.9 Å². The molecule has 1 heterocycles. The van der Waals surface area contributed by atoms with E-state index in [1.165, 1.54) is 32.1 Å². The van der Waals surface area contributed by atoms with Crippen LogP contribution in [-0.2, 0) is 0 Å². The summed E-state index contributed by atoms with van der Waals surface area (Å²) in [7, 11) is 0. The van der Waals surface area contributed by atoms with E-state index in [-0.39, 0.29) is 0 Å². The molecule has 15 heavy (non-hydrogen) atoms. The van der Waals surface area contributed by atoms with Crippen LogP contribution in [0.1, 0.15) is 45.1 Å². The molecule has 2 atom stereocenters. The van der Waals surface area contributed by atoms with Crippen LogP contribution in [0.15, 0.2) is 10.7 Å². The van der Waals surface area contributed by atoms with E-state index >= 15 is 0 Å². The number of hydrogen-bond acceptors (Lipinski definition) is 2. The summed E-state index contributed by atoms with van der Waals surface area (Å²) >= 11 is 3.41. The summed E-state index contributed by atoms with van der Waals surface area (Å²) in [5.74, 6) is 1.63. The van der Waals surface area contributed by atoms with Gasteiger partial charge in [0.05, 0.1) is 16.7 Å². The van der Waals surface area contributed by atoms with E-state index in [1.54, 1.807) is 6.20 Å². The third-order valence-corrected chi connectivity index (χ3v) is 4.08. The molecule has 1 aliphatic carbocycles. The van der Waals surface area contributed by atoms with E-state index in [9.17, 15) is 0 Å². The Labute approximate surface area is 99.2 Å². The van der Waals surface area contributed by atoms with E-state index in [0.29, 0.717) is 6.04 Å². The Bertz CT molecular complexity index is 335. The molecular formula is C11H18BrN3. The second kappa shape index (κ2) is 4.56. The van der Waals surface area contributed by atoms with Crippen LogP contribution < -0.4 is 5.73 Å². The smallest absolute Gasteiger partial charge is 0.136 e. The van der Waals surface area contributed by atoms with Gasteiger partial charge in [0.25, 0.3) is 0 Å². The zero-order chi connectivity index (χ0) is 10.8. The Balaban J connectivity index is 2.13. The number of nitrogen functional groups attached to an aromatic ring is 1. The maximum absolute atomic E-state index is 5.97. The normalized spacial score (nSPS) is 26.8. The lowest BCUT2D eigenvalue weighted by molar-refractivity contribution is 0.250. The summed E-state index contributed by atoms with van der Waals surface area (Å²) in [6.45, 7) is 2.27. The van der Waals surface area contributed by atoms with Crippen LogP contribution in [-0.4, -0.2) is 9.78 Å². The molecule has 2 N–H and O–H groups in total. The molecule has 2 unspecified atom stereocenters. The minimum atomic E-state index is 0.509. The predicted molar refractivity (Wildman–Crippen MR) is 65.6 cm³/mol. The lowest BCUT2D eigenvalue weighted by atomic mass is 9.84. The highest BCUT2D eigenvalue weighted by Crippen LogP contribution is 2.36. The number of rotatable bonds is 2. The molecule has 3 nitrogen and oxygen atoms in total. The fraction of sp³-hybridized carbons (Fsp3) is 0.727. The summed E-state index contributed by atoms with van der Waals surface area (Å²) < 4.78 is 2.91. The first kappa shape index (κ1) is 11.0. The molecule has 0 amide bonds. The van der Waals surface area contributed by atoms with Gasteiger partial charge in [-0.05, 0) is 34.7 Å². The molecule has 1 aliphatic rings. The number of anilines is 1. The molecule has 0 radical (unpaired) electrons. The summed E-state index contributed by atoms with van der Waals surface area (Å²) in [5.41, 5.74) is 5.97. The Kier molecular flexibility index (Phi) is 3.34. The largest absolute Gasteiger partial charge is 0.383 e. The van der Waals surface area contributed by atoms with Crippen molar-refractivity contribution in [3.05, 3.63) is 10.7 Å². The maximum atomic E-state index is 5.97. The summed E-state index contributed by atoms with van der Waals surface area (Å²) in [5, 5.41) is 4.35. The van der Waals surface area contributed by atoms with Gasteiger partial charge in [-0.2, -0.15) is 5.10 Å². The van der Waals surface area contributed by atoms with Gasteiger partial charge in [-0.3, -0.25) is 0 Å². The van der Waals surface area contributed by atoms with Crippen molar-refractivity contribution < 1.29 is 0 Å². The number of aromatic nitrogens is 2.